The Hall–Kier alpha value is -1.64. The van der Waals surface area contributed by atoms with E-state index in [-0.39, 0.29) is 0 Å². The molecule has 1 aliphatic heterocycles. The van der Waals surface area contributed by atoms with Gasteiger partial charge in [-0.1, -0.05) is 6.07 Å². The monoisotopic (exact) mass is 245 g/mol. The van der Waals surface area contributed by atoms with E-state index in [9.17, 15) is 0 Å². The van der Waals surface area contributed by atoms with Gasteiger partial charge < -0.3 is 5.73 Å². The predicted molar refractivity (Wildman–Crippen MR) is 70.6 cm³/mol. The molecule has 0 unspecified atom stereocenters. The number of nitriles is 1. The molecular weight excluding hydrogens is 226 g/mol. The van der Waals surface area contributed by atoms with Crippen molar-refractivity contribution in [2.45, 2.75) is 13.0 Å². The van der Waals surface area contributed by atoms with Crippen LogP contribution in [0.3, 0.4) is 0 Å². The van der Waals surface area contributed by atoms with Gasteiger partial charge in [-0.15, -0.1) is 0 Å². The molecule has 5 nitrogen and oxygen atoms in total. The maximum atomic E-state index is 8.56. The Morgan fingerprint density at radius 3 is 2.56 bits per heavy atom. The molecule has 0 bridgehead atoms. The first-order valence-electron chi connectivity index (χ1n) is 6.30. The standard InChI is InChI=1S/C13H19N5/c14-4-1-5-17-6-8-18(9-7-17)11-12-2-3-13(15)16-10-12/h2-3,10H,1,5-9,11H2,(H2,15,16). The molecule has 96 valence electrons. The average molecular weight is 245 g/mol. The van der Waals surface area contributed by atoms with Crippen molar-refractivity contribution >= 4 is 5.82 Å². The zero-order valence-electron chi connectivity index (χ0n) is 10.5. The Kier molecular flexibility index (Phi) is 4.51. The predicted octanol–water partition coefficient (Wildman–Crippen LogP) is 0.695. The van der Waals surface area contributed by atoms with Gasteiger partial charge >= 0.3 is 0 Å². The summed E-state index contributed by atoms with van der Waals surface area (Å²) >= 11 is 0. The van der Waals surface area contributed by atoms with Crippen molar-refractivity contribution in [2.75, 3.05) is 38.5 Å². The largest absolute Gasteiger partial charge is 0.384 e. The molecule has 0 aromatic carbocycles. The maximum absolute atomic E-state index is 8.56. The molecule has 1 fully saturated rings. The van der Waals surface area contributed by atoms with Crippen LogP contribution in [0.1, 0.15) is 12.0 Å². The van der Waals surface area contributed by atoms with Crippen molar-refractivity contribution in [3.63, 3.8) is 0 Å². The highest BCUT2D eigenvalue weighted by molar-refractivity contribution is 5.29. The Bertz CT molecular complexity index is 400. The van der Waals surface area contributed by atoms with Crippen LogP contribution in [0.2, 0.25) is 0 Å². The van der Waals surface area contributed by atoms with Gasteiger partial charge in [-0.05, 0) is 11.6 Å². The molecule has 0 atom stereocenters. The lowest BCUT2D eigenvalue weighted by Crippen LogP contribution is -2.46. The number of nitrogen functional groups attached to an aromatic ring is 1. The number of aromatic nitrogens is 1. The highest BCUT2D eigenvalue weighted by Gasteiger charge is 2.16. The maximum Gasteiger partial charge on any atom is 0.123 e. The molecular formula is C13H19N5. The van der Waals surface area contributed by atoms with E-state index in [4.69, 9.17) is 11.0 Å². The second kappa shape index (κ2) is 6.34. The summed E-state index contributed by atoms with van der Waals surface area (Å²) in [6.45, 7) is 6.02. The molecule has 0 aliphatic carbocycles. The highest BCUT2D eigenvalue weighted by atomic mass is 15.3. The van der Waals surface area contributed by atoms with E-state index in [0.29, 0.717) is 12.2 Å². The third-order valence-electron chi connectivity index (χ3n) is 3.26. The summed E-state index contributed by atoms with van der Waals surface area (Å²) in [5.74, 6) is 0.570. The number of rotatable bonds is 4. The fourth-order valence-corrected chi connectivity index (χ4v) is 2.17. The molecule has 5 heteroatoms. The van der Waals surface area contributed by atoms with Gasteiger partial charge in [0.15, 0.2) is 0 Å². The number of pyridine rings is 1. The van der Waals surface area contributed by atoms with Crippen LogP contribution in [0.25, 0.3) is 0 Å². The first-order chi connectivity index (χ1) is 8.78. The lowest BCUT2D eigenvalue weighted by Gasteiger charge is -2.34. The van der Waals surface area contributed by atoms with E-state index < -0.39 is 0 Å². The van der Waals surface area contributed by atoms with Gasteiger partial charge in [-0.3, -0.25) is 9.80 Å². The molecule has 2 rings (SSSR count). The van der Waals surface area contributed by atoms with Crippen LogP contribution in [-0.2, 0) is 6.54 Å². The van der Waals surface area contributed by atoms with Crippen molar-refractivity contribution in [3.05, 3.63) is 23.9 Å². The second-order valence-electron chi connectivity index (χ2n) is 4.62. The molecule has 0 amide bonds. The molecule has 18 heavy (non-hydrogen) atoms. The van der Waals surface area contributed by atoms with E-state index in [1.165, 1.54) is 5.56 Å². The minimum Gasteiger partial charge on any atom is -0.384 e. The first-order valence-corrected chi connectivity index (χ1v) is 6.30. The number of hydrogen-bond donors (Lipinski definition) is 1. The molecule has 1 aromatic heterocycles. The molecule has 2 N–H and O–H groups in total. The summed E-state index contributed by atoms with van der Waals surface area (Å²) in [6.07, 6.45) is 2.47. The van der Waals surface area contributed by atoms with Gasteiger partial charge in [-0.25, -0.2) is 4.98 Å². The number of hydrogen-bond acceptors (Lipinski definition) is 5. The quantitative estimate of drug-likeness (QED) is 0.845. The molecule has 0 spiro atoms. The van der Waals surface area contributed by atoms with E-state index in [2.05, 4.69) is 20.9 Å². The van der Waals surface area contributed by atoms with Crippen molar-refractivity contribution < 1.29 is 0 Å². The highest BCUT2D eigenvalue weighted by Crippen LogP contribution is 2.09. The molecule has 0 saturated carbocycles. The topological polar surface area (TPSA) is 69.2 Å². The van der Waals surface area contributed by atoms with Crippen LogP contribution in [-0.4, -0.2) is 47.5 Å². The van der Waals surface area contributed by atoms with Crippen LogP contribution in [0.15, 0.2) is 18.3 Å². The van der Waals surface area contributed by atoms with Gasteiger partial charge in [0.1, 0.15) is 5.82 Å². The van der Waals surface area contributed by atoms with Gasteiger partial charge in [-0.2, -0.15) is 5.26 Å². The minimum absolute atomic E-state index is 0.570. The van der Waals surface area contributed by atoms with E-state index in [0.717, 1.165) is 39.3 Å². The lowest BCUT2D eigenvalue weighted by molar-refractivity contribution is 0.129. The number of anilines is 1. The summed E-state index contributed by atoms with van der Waals surface area (Å²) in [7, 11) is 0. The van der Waals surface area contributed by atoms with Gasteiger partial charge in [0, 0.05) is 51.9 Å². The van der Waals surface area contributed by atoms with Crippen LogP contribution in [0.5, 0.6) is 0 Å². The number of piperazine rings is 1. The van der Waals surface area contributed by atoms with E-state index >= 15 is 0 Å². The third kappa shape index (κ3) is 3.69. The smallest absolute Gasteiger partial charge is 0.123 e. The normalized spacial score (nSPS) is 17.5. The summed E-state index contributed by atoms with van der Waals surface area (Å²) in [4.78, 5) is 8.87. The summed E-state index contributed by atoms with van der Waals surface area (Å²) < 4.78 is 0. The SMILES string of the molecule is N#CCCN1CCN(Cc2ccc(N)nc2)CC1. The number of nitrogens with zero attached hydrogens (tertiary/aromatic N) is 4. The Morgan fingerprint density at radius 1 is 1.22 bits per heavy atom. The fraction of sp³-hybridized carbons (Fsp3) is 0.538. The molecule has 1 aliphatic rings. The molecule has 1 aromatic rings. The summed E-state index contributed by atoms with van der Waals surface area (Å²) in [5.41, 5.74) is 6.77. The summed E-state index contributed by atoms with van der Waals surface area (Å²) in [6, 6.07) is 6.07. The Labute approximate surface area is 108 Å². The average Bonchev–Trinajstić information content (AvgIpc) is 2.41. The van der Waals surface area contributed by atoms with E-state index in [1.807, 2.05) is 18.3 Å². The van der Waals surface area contributed by atoms with Crippen molar-refractivity contribution in [1.82, 2.24) is 14.8 Å². The van der Waals surface area contributed by atoms with Gasteiger partial charge in [0.05, 0.1) is 6.07 Å². The second-order valence-corrected chi connectivity index (χ2v) is 4.62. The van der Waals surface area contributed by atoms with Gasteiger partial charge in [0.2, 0.25) is 0 Å². The zero-order valence-corrected chi connectivity index (χ0v) is 10.5. The van der Waals surface area contributed by atoms with E-state index in [1.54, 1.807) is 0 Å². The minimum atomic E-state index is 0.570. The van der Waals surface area contributed by atoms with Crippen LogP contribution in [0, 0.1) is 11.3 Å². The third-order valence-corrected chi connectivity index (χ3v) is 3.26. The molecule has 2 heterocycles. The molecule has 0 radical (unpaired) electrons. The van der Waals surface area contributed by atoms with Crippen molar-refractivity contribution in [1.29, 1.82) is 5.26 Å². The molecule has 1 saturated heterocycles. The van der Waals surface area contributed by atoms with Gasteiger partial charge in [0.25, 0.3) is 0 Å². The zero-order chi connectivity index (χ0) is 12.8. The number of nitrogens with two attached hydrogens (primary N) is 1. The first kappa shape index (κ1) is 12.8. The van der Waals surface area contributed by atoms with Crippen LogP contribution >= 0.6 is 0 Å². The van der Waals surface area contributed by atoms with Crippen molar-refractivity contribution in [2.24, 2.45) is 0 Å². The fourth-order valence-electron chi connectivity index (χ4n) is 2.17. The van der Waals surface area contributed by atoms with Crippen molar-refractivity contribution in [3.8, 4) is 6.07 Å². The Morgan fingerprint density at radius 2 is 1.94 bits per heavy atom. The lowest BCUT2D eigenvalue weighted by atomic mass is 10.2. The Balaban J connectivity index is 1.76. The summed E-state index contributed by atoms with van der Waals surface area (Å²) in [5, 5.41) is 8.56. The van der Waals surface area contributed by atoms with Crippen LogP contribution in [0.4, 0.5) is 5.82 Å². The van der Waals surface area contributed by atoms with Crippen LogP contribution < -0.4 is 5.73 Å².